The van der Waals surface area contributed by atoms with Crippen LogP contribution in [0.15, 0.2) is 105 Å². The molecule has 0 saturated carbocycles. The molecule has 4 amide bonds. The lowest BCUT2D eigenvalue weighted by Crippen LogP contribution is -2.32. The van der Waals surface area contributed by atoms with Gasteiger partial charge in [-0.05, 0) is 98.8 Å². The normalized spacial score (nSPS) is 12.2. The predicted molar refractivity (Wildman–Crippen MR) is 243 cm³/mol. The first-order valence-electron chi connectivity index (χ1n) is 17.3. The molecule has 22 heteroatoms. The highest BCUT2D eigenvalue weighted by Gasteiger charge is 2.27. The van der Waals surface area contributed by atoms with Gasteiger partial charge < -0.3 is 21.3 Å². The Morgan fingerprint density at radius 2 is 0.758 bits per heavy atom. The van der Waals surface area contributed by atoms with Crippen LogP contribution >= 0.6 is 92.8 Å². The Kier molecular flexibility index (Phi) is 16.4. The second-order valence-corrected chi connectivity index (χ2v) is 16.2. The minimum Gasteiger partial charge on any atom is -0.322 e. The number of carbonyl (C=O) groups excluding carboxylic acids is 6. The van der Waals surface area contributed by atoms with E-state index in [0.717, 1.165) is 13.8 Å². The summed E-state index contributed by atoms with van der Waals surface area (Å²) in [5.74, 6) is -4.51. The van der Waals surface area contributed by atoms with E-state index in [1.807, 2.05) is 0 Å². The molecule has 0 aliphatic rings. The molecule has 0 aromatic heterocycles. The smallest absolute Gasteiger partial charge is 0.258 e. The average Bonchev–Trinajstić information content (AvgIpc) is 3.16. The van der Waals surface area contributed by atoms with Gasteiger partial charge in [0.1, 0.15) is 0 Å². The maximum atomic E-state index is 13.3. The number of ketones is 2. The summed E-state index contributed by atoms with van der Waals surface area (Å²) in [6.07, 6.45) is 0. The molecule has 0 aliphatic heterocycles. The molecule has 0 bridgehead atoms. The lowest BCUT2D eigenvalue weighted by Gasteiger charge is -2.15. The van der Waals surface area contributed by atoms with Crippen LogP contribution < -0.4 is 21.3 Å². The Morgan fingerprint density at radius 3 is 1.08 bits per heavy atom. The Hall–Kier alpha value is -5.16. The third kappa shape index (κ3) is 13.2. The minimum absolute atomic E-state index is 0.0381. The third-order valence-electron chi connectivity index (χ3n) is 7.97. The molecule has 0 aliphatic carbocycles. The van der Waals surface area contributed by atoms with Gasteiger partial charge in [-0.3, -0.25) is 28.8 Å². The summed E-state index contributed by atoms with van der Waals surface area (Å²) in [6.45, 7) is 2.21. The number of hydrogen-bond acceptors (Lipinski definition) is 10. The summed E-state index contributed by atoms with van der Waals surface area (Å²) < 4.78 is 0. The fourth-order valence-electron chi connectivity index (χ4n) is 5.21. The highest BCUT2D eigenvalue weighted by atomic mass is 35.5. The largest absolute Gasteiger partial charge is 0.322 e. The number of Topliss-reactive ketones (excluding diaryl/α,β-unsaturated/α-hetero) is 2. The molecule has 5 rings (SSSR count). The maximum Gasteiger partial charge on any atom is 0.258 e. The van der Waals surface area contributed by atoms with E-state index in [0.29, 0.717) is 31.5 Å². The van der Waals surface area contributed by atoms with E-state index in [9.17, 15) is 28.8 Å². The average molecular weight is 998 g/mol. The van der Waals surface area contributed by atoms with Crippen LogP contribution in [0.2, 0.25) is 40.2 Å². The SMILES string of the molecule is CC(=O)C(N=Nc1cc(Cl)cc(C(=O)Nc2cc(Cl)cc(Cl)c2)c1)C(=O)Nc1ccc(NC(=O)C(N=Nc2cc(Cl)cc(C(=O)Nc3cc(Cl)cc(Cl)c3)c2)C(C)=O)c(Cl)c1Cl. The van der Waals surface area contributed by atoms with Gasteiger partial charge in [0.05, 0.1) is 32.8 Å². The molecule has 62 heavy (non-hydrogen) atoms. The van der Waals surface area contributed by atoms with Crippen molar-refractivity contribution in [1.29, 1.82) is 0 Å². The molecule has 5 aromatic rings. The van der Waals surface area contributed by atoms with Crippen LogP contribution in [-0.4, -0.2) is 47.3 Å². The number of anilines is 4. The van der Waals surface area contributed by atoms with Crippen molar-refractivity contribution in [3.8, 4) is 0 Å². The summed E-state index contributed by atoms with van der Waals surface area (Å²) in [6, 6.07) is 16.2. The number of halogens is 8. The van der Waals surface area contributed by atoms with Crippen LogP contribution in [0.1, 0.15) is 34.6 Å². The van der Waals surface area contributed by atoms with Gasteiger partial charge in [0, 0.05) is 52.6 Å². The van der Waals surface area contributed by atoms with Crippen molar-refractivity contribution >= 4 is 162 Å². The number of rotatable bonds is 14. The molecule has 2 unspecified atom stereocenters. The lowest BCUT2D eigenvalue weighted by molar-refractivity contribution is -0.127. The van der Waals surface area contributed by atoms with Gasteiger partial charge in [0.2, 0.25) is 12.1 Å². The molecule has 14 nitrogen and oxygen atoms in total. The fourth-order valence-corrected chi connectivity index (χ4v) is 7.15. The molecule has 318 valence electrons. The fraction of sp³-hybridized carbons (Fsp3) is 0.100. The van der Waals surface area contributed by atoms with Crippen LogP contribution in [0.25, 0.3) is 0 Å². The molecular formula is C40H26Cl8N8O6. The summed E-state index contributed by atoms with van der Waals surface area (Å²) in [7, 11) is 0. The van der Waals surface area contributed by atoms with Crippen LogP contribution in [-0.2, 0) is 19.2 Å². The first-order valence-corrected chi connectivity index (χ1v) is 20.4. The van der Waals surface area contributed by atoms with Gasteiger partial charge in [-0.25, -0.2) is 0 Å². The van der Waals surface area contributed by atoms with Crippen molar-refractivity contribution in [3.63, 3.8) is 0 Å². The number of benzene rings is 5. The van der Waals surface area contributed by atoms with Gasteiger partial charge in [0.15, 0.2) is 11.6 Å². The van der Waals surface area contributed by atoms with E-state index in [2.05, 4.69) is 41.7 Å². The van der Waals surface area contributed by atoms with Gasteiger partial charge in [0.25, 0.3) is 23.6 Å². The monoisotopic (exact) mass is 994 g/mol. The standard InChI is InChI=1S/C40H26Cl8N8O6/c1-17(57)35(55-53-29-7-19(5-21(41)15-29)37(59)49-27-11-23(43)9-24(44)12-27)39(61)51-31-3-4-32(34(48)33(31)47)52-40(62)36(18(2)58)56-54-30-8-20(6-22(42)16-30)38(60)50-28-13-25(45)10-26(46)14-28/h3-16,35-36H,1-2H3,(H,49,59)(H,50,60)(H,51,61)(H,52,62). The molecular weight excluding hydrogens is 972 g/mol. The summed E-state index contributed by atoms with van der Waals surface area (Å²) in [4.78, 5) is 77.5. The molecule has 0 spiro atoms. The van der Waals surface area contributed by atoms with Crippen molar-refractivity contribution in [2.24, 2.45) is 20.5 Å². The van der Waals surface area contributed by atoms with Gasteiger partial charge >= 0.3 is 0 Å². The van der Waals surface area contributed by atoms with Crippen molar-refractivity contribution in [3.05, 3.63) is 136 Å². The Balaban J connectivity index is 1.26. The lowest BCUT2D eigenvalue weighted by atomic mass is 10.1. The molecule has 5 aromatic carbocycles. The summed E-state index contributed by atoms with van der Waals surface area (Å²) >= 11 is 49.4. The zero-order chi connectivity index (χ0) is 45.4. The zero-order valence-corrected chi connectivity index (χ0v) is 37.5. The quantitative estimate of drug-likeness (QED) is 0.0630. The minimum atomic E-state index is -1.69. The molecule has 0 radical (unpaired) electrons. The van der Waals surface area contributed by atoms with Crippen LogP contribution in [0, 0.1) is 0 Å². The third-order valence-corrected chi connectivity index (χ3v) is 10.2. The second kappa shape index (κ2) is 21.3. The van der Waals surface area contributed by atoms with Crippen molar-refractivity contribution in [1.82, 2.24) is 0 Å². The van der Waals surface area contributed by atoms with E-state index in [4.69, 9.17) is 92.8 Å². The predicted octanol–water partition coefficient (Wildman–Crippen LogP) is 12.8. The number of amides is 4. The number of carbonyl (C=O) groups is 6. The maximum absolute atomic E-state index is 13.3. The number of hydrogen-bond donors (Lipinski definition) is 4. The molecule has 0 heterocycles. The van der Waals surface area contributed by atoms with E-state index in [-0.39, 0.29) is 54.0 Å². The Labute approximate surface area is 392 Å². The highest BCUT2D eigenvalue weighted by molar-refractivity contribution is 6.46. The van der Waals surface area contributed by atoms with Crippen LogP contribution in [0.5, 0.6) is 0 Å². The summed E-state index contributed by atoms with van der Waals surface area (Å²) in [5, 5.41) is 26.8. The molecule has 4 N–H and O–H groups in total. The Morgan fingerprint density at radius 1 is 0.435 bits per heavy atom. The van der Waals surface area contributed by atoms with E-state index >= 15 is 0 Å². The molecule has 0 fully saturated rings. The first-order chi connectivity index (χ1) is 29.3. The van der Waals surface area contributed by atoms with E-state index < -0.39 is 47.3 Å². The van der Waals surface area contributed by atoms with Gasteiger partial charge in [-0.15, -0.1) is 0 Å². The van der Waals surface area contributed by atoms with Crippen molar-refractivity contribution in [2.45, 2.75) is 25.9 Å². The number of nitrogens with zero attached hydrogens (tertiary/aromatic N) is 4. The van der Waals surface area contributed by atoms with Crippen LogP contribution in [0.4, 0.5) is 34.1 Å². The highest BCUT2D eigenvalue weighted by Crippen LogP contribution is 2.37. The first kappa shape index (κ1) is 47.9. The van der Waals surface area contributed by atoms with Gasteiger partial charge in [-0.2, -0.15) is 20.5 Å². The molecule has 2 atom stereocenters. The summed E-state index contributed by atoms with van der Waals surface area (Å²) in [5.41, 5.74) is 0.686. The van der Waals surface area contributed by atoms with E-state index in [1.54, 1.807) is 0 Å². The van der Waals surface area contributed by atoms with Crippen molar-refractivity contribution < 1.29 is 28.8 Å². The Bertz CT molecular complexity index is 2490. The van der Waals surface area contributed by atoms with Gasteiger partial charge in [-0.1, -0.05) is 92.8 Å². The van der Waals surface area contributed by atoms with Crippen molar-refractivity contribution in [2.75, 3.05) is 21.3 Å². The second-order valence-electron chi connectivity index (χ2n) is 12.8. The number of azo groups is 2. The zero-order valence-electron chi connectivity index (χ0n) is 31.5. The van der Waals surface area contributed by atoms with E-state index in [1.165, 1.54) is 84.9 Å². The molecule has 0 saturated heterocycles. The van der Waals surface area contributed by atoms with Crippen LogP contribution in [0.3, 0.4) is 0 Å². The number of nitrogens with one attached hydrogen (secondary N) is 4. The topological polar surface area (TPSA) is 200 Å².